The Bertz CT molecular complexity index is 531. The molecule has 2 aliphatic rings. The molecule has 0 spiro atoms. The van der Waals surface area contributed by atoms with E-state index in [1.807, 2.05) is 0 Å². The predicted octanol–water partition coefficient (Wildman–Crippen LogP) is 3.42. The van der Waals surface area contributed by atoms with E-state index < -0.39 is 0 Å². The summed E-state index contributed by atoms with van der Waals surface area (Å²) in [6.07, 6.45) is 5.01. The lowest BCUT2D eigenvalue weighted by Crippen LogP contribution is -2.32. The number of carbonyl (C=O) groups is 1. The standard InChI is InChI=1S/C16H24N2O2S/c1-3-18(9-12-5-4-8-20-12)16-13(11-6-7-11)14(17)15(21-16)10(2)19/h11-12H,3-9,17H2,1-2H3. The molecule has 1 saturated heterocycles. The maximum Gasteiger partial charge on any atom is 0.171 e. The number of anilines is 2. The average Bonchev–Trinajstić information content (AvgIpc) is 3.03. The van der Waals surface area contributed by atoms with Crippen molar-refractivity contribution in [1.82, 2.24) is 0 Å². The molecule has 0 aromatic carbocycles. The summed E-state index contributed by atoms with van der Waals surface area (Å²) in [6.45, 7) is 6.49. The quantitative estimate of drug-likeness (QED) is 0.818. The van der Waals surface area contributed by atoms with Gasteiger partial charge in [-0.25, -0.2) is 0 Å². The van der Waals surface area contributed by atoms with Gasteiger partial charge in [0, 0.05) is 32.2 Å². The smallest absolute Gasteiger partial charge is 0.171 e. The molecule has 4 nitrogen and oxygen atoms in total. The van der Waals surface area contributed by atoms with Crippen molar-refractivity contribution in [2.45, 2.75) is 51.6 Å². The van der Waals surface area contributed by atoms with Crippen LogP contribution in [0.15, 0.2) is 0 Å². The molecule has 116 valence electrons. The lowest BCUT2D eigenvalue weighted by molar-refractivity contribution is 0.102. The van der Waals surface area contributed by atoms with Crippen molar-refractivity contribution in [3.05, 3.63) is 10.4 Å². The Labute approximate surface area is 130 Å². The molecule has 3 rings (SSSR count). The van der Waals surface area contributed by atoms with E-state index in [2.05, 4.69) is 11.8 Å². The monoisotopic (exact) mass is 308 g/mol. The van der Waals surface area contributed by atoms with E-state index in [1.54, 1.807) is 18.3 Å². The second-order valence-electron chi connectivity index (χ2n) is 6.07. The Balaban J connectivity index is 1.90. The number of ether oxygens (including phenoxy) is 1. The molecule has 21 heavy (non-hydrogen) atoms. The highest BCUT2D eigenvalue weighted by Gasteiger charge is 2.34. The van der Waals surface area contributed by atoms with Crippen molar-refractivity contribution in [2.24, 2.45) is 0 Å². The van der Waals surface area contributed by atoms with Crippen molar-refractivity contribution < 1.29 is 9.53 Å². The molecule has 0 radical (unpaired) electrons. The largest absolute Gasteiger partial charge is 0.397 e. The van der Waals surface area contributed by atoms with Crippen LogP contribution in [0, 0.1) is 0 Å². The van der Waals surface area contributed by atoms with Crippen LogP contribution in [0.5, 0.6) is 0 Å². The van der Waals surface area contributed by atoms with Crippen molar-refractivity contribution >= 4 is 27.8 Å². The van der Waals surface area contributed by atoms with Gasteiger partial charge in [-0.15, -0.1) is 11.3 Å². The summed E-state index contributed by atoms with van der Waals surface area (Å²) in [5.74, 6) is 0.640. The number of likely N-dealkylation sites (N-methyl/N-ethyl adjacent to an activating group) is 1. The number of carbonyl (C=O) groups excluding carboxylic acids is 1. The second kappa shape index (κ2) is 5.97. The van der Waals surface area contributed by atoms with Crippen molar-refractivity contribution in [3.63, 3.8) is 0 Å². The minimum atomic E-state index is 0.0822. The van der Waals surface area contributed by atoms with Crippen molar-refractivity contribution in [2.75, 3.05) is 30.3 Å². The first-order valence-electron chi connectivity index (χ1n) is 7.91. The topological polar surface area (TPSA) is 55.6 Å². The number of nitrogens with zero attached hydrogens (tertiary/aromatic N) is 1. The highest BCUT2D eigenvalue weighted by atomic mass is 32.1. The van der Waals surface area contributed by atoms with Gasteiger partial charge in [0.2, 0.25) is 0 Å². The Morgan fingerprint density at radius 1 is 1.43 bits per heavy atom. The summed E-state index contributed by atoms with van der Waals surface area (Å²) in [5, 5.41) is 1.21. The average molecular weight is 308 g/mol. The highest BCUT2D eigenvalue weighted by molar-refractivity contribution is 7.18. The fourth-order valence-electron chi connectivity index (χ4n) is 3.10. The van der Waals surface area contributed by atoms with Gasteiger partial charge in [-0.05, 0) is 38.5 Å². The van der Waals surface area contributed by atoms with Crippen molar-refractivity contribution in [1.29, 1.82) is 0 Å². The number of rotatable bonds is 6. The molecular formula is C16H24N2O2S. The zero-order valence-corrected chi connectivity index (χ0v) is 13.7. The van der Waals surface area contributed by atoms with Gasteiger partial charge >= 0.3 is 0 Å². The molecule has 2 N–H and O–H groups in total. The molecular weight excluding hydrogens is 284 g/mol. The lowest BCUT2D eigenvalue weighted by atomic mass is 10.1. The Kier molecular flexibility index (Phi) is 4.22. The number of thiophene rings is 1. The van der Waals surface area contributed by atoms with Crippen molar-refractivity contribution in [3.8, 4) is 0 Å². The zero-order valence-electron chi connectivity index (χ0n) is 12.9. The van der Waals surface area contributed by atoms with Crippen LogP contribution in [0.4, 0.5) is 10.7 Å². The third-order valence-electron chi connectivity index (χ3n) is 4.39. The first kappa shape index (κ1) is 14.9. The minimum absolute atomic E-state index is 0.0822. The molecule has 1 aliphatic heterocycles. The molecule has 2 heterocycles. The first-order valence-corrected chi connectivity index (χ1v) is 8.73. The van der Waals surface area contributed by atoms with E-state index >= 15 is 0 Å². The molecule has 1 aromatic rings. The molecule has 0 bridgehead atoms. The van der Waals surface area contributed by atoms with Crippen LogP contribution < -0.4 is 10.6 Å². The van der Waals surface area contributed by atoms with Gasteiger partial charge in [0.25, 0.3) is 0 Å². The molecule has 1 unspecified atom stereocenters. The van der Waals surface area contributed by atoms with E-state index in [9.17, 15) is 4.79 Å². The normalized spacial score (nSPS) is 21.7. The van der Waals surface area contributed by atoms with E-state index in [4.69, 9.17) is 10.5 Å². The SMILES string of the molecule is CCN(CC1CCCO1)c1sc(C(C)=O)c(N)c1C1CC1. The molecule has 1 aliphatic carbocycles. The Hall–Kier alpha value is -1.07. The van der Waals surface area contributed by atoms with Gasteiger partial charge in [0.15, 0.2) is 5.78 Å². The molecule has 1 saturated carbocycles. The first-order chi connectivity index (χ1) is 10.1. The second-order valence-corrected chi connectivity index (χ2v) is 7.07. The number of nitrogens with two attached hydrogens (primary N) is 1. The van der Waals surface area contributed by atoms with Crippen LogP contribution in [-0.2, 0) is 4.74 Å². The van der Waals surface area contributed by atoms with Crippen LogP contribution in [0.3, 0.4) is 0 Å². The number of hydrogen-bond donors (Lipinski definition) is 1. The van der Waals surface area contributed by atoms with Gasteiger partial charge in [0.1, 0.15) is 0 Å². The summed E-state index contributed by atoms with van der Waals surface area (Å²) >= 11 is 1.57. The number of hydrogen-bond acceptors (Lipinski definition) is 5. The third-order valence-corrected chi connectivity index (χ3v) is 5.77. The minimum Gasteiger partial charge on any atom is -0.397 e. The maximum atomic E-state index is 11.8. The van der Waals surface area contributed by atoms with Crippen LogP contribution in [-0.4, -0.2) is 31.6 Å². The van der Waals surface area contributed by atoms with E-state index in [1.165, 1.54) is 23.4 Å². The maximum absolute atomic E-state index is 11.8. The summed E-state index contributed by atoms with van der Waals surface area (Å²) in [5.41, 5.74) is 8.24. The fourth-order valence-corrected chi connectivity index (χ4v) is 4.37. The van der Waals surface area contributed by atoms with E-state index in [0.29, 0.717) is 12.0 Å². The summed E-state index contributed by atoms with van der Waals surface area (Å²) in [7, 11) is 0. The van der Waals surface area contributed by atoms with Crippen LogP contribution in [0.2, 0.25) is 0 Å². The van der Waals surface area contributed by atoms with Crippen LogP contribution in [0.25, 0.3) is 0 Å². The van der Waals surface area contributed by atoms with Crippen LogP contribution in [0.1, 0.15) is 60.7 Å². The number of Topliss-reactive ketones (excluding diaryl/α,β-unsaturated/α-hetero) is 1. The molecule has 0 amide bonds. The van der Waals surface area contributed by atoms with Gasteiger partial charge in [0.05, 0.1) is 21.7 Å². The van der Waals surface area contributed by atoms with Gasteiger partial charge in [-0.3, -0.25) is 4.79 Å². The lowest BCUT2D eigenvalue weighted by Gasteiger charge is -2.26. The molecule has 1 atom stereocenters. The van der Waals surface area contributed by atoms with Crippen LogP contribution >= 0.6 is 11.3 Å². The highest BCUT2D eigenvalue weighted by Crippen LogP contribution is 2.52. The molecule has 2 fully saturated rings. The molecule has 5 heteroatoms. The predicted molar refractivity (Wildman–Crippen MR) is 87.6 cm³/mol. The number of nitrogen functional groups attached to an aromatic ring is 1. The van der Waals surface area contributed by atoms with Gasteiger partial charge < -0.3 is 15.4 Å². The Morgan fingerprint density at radius 2 is 2.19 bits per heavy atom. The van der Waals surface area contributed by atoms with Gasteiger partial charge in [-0.1, -0.05) is 0 Å². The fraction of sp³-hybridized carbons (Fsp3) is 0.688. The summed E-state index contributed by atoms with van der Waals surface area (Å²) in [4.78, 5) is 14.9. The third kappa shape index (κ3) is 2.94. The molecule has 1 aromatic heterocycles. The summed E-state index contributed by atoms with van der Waals surface area (Å²) in [6, 6.07) is 0. The summed E-state index contributed by atoms with van der Waals surface area (Å²) < 4.78 is 5.77. The zero-order chi connectivity index (χ0) is 15.0. The Morgan fingerprint density at radius 3 is 2.71 bits per heavy atom. The number of ketones is 1. The van der Waals surface area contributed by atoms with E-state index in [0.717, 1.165) is 43.1 Å². The van der Waals surface area contributed by atoms with Gasteiger partial charge in [-0.2, -0.15) is 0 Å². The van der Waals surface area contributed by atoms with E-state index in [-0.39, 0.29) is 5.78 Å².